The number of nitrogens with zero attached hydrogens (tertiary/aromatic N) is 1. The summed E-state index contributed by atoms with van der Waals surface area (Å²) in [4.78, 5) is 2.42. The molecule has 1 aliphatic heterocycles. The monoisotopic (exact) mass is 310 g/mol. The van der Waals surface area contributed by atoms with Crippen LogP contribution in [0.2, 0.25) is 5.02 Å². The molecular weight excluding hydrogens is 284 g/mol. The predicted molar refractivity (Wildman–Crippen MR) is 88.8 cm³/mol. The van der Waals surface area contributed by atoms with E-state index in [1.165, 1.54) is 5.56 Å². The summed E-state index contributed by atoms with van der Waals surface area (Å²) < 4.78 is 5.56. The molecular formula is C17H27ClN2O. The SMILES string of the molecule is CCNCC1(CN(C)Cc2ccc(Cl)cc2)CCOCC1. The zero-order valence-electron chi connectivity index (χ0n) is 13.2. The van der Waals surface area contributed by atoms with Crippen molar-refractivity contribution >= 4 is 11.6 Å². The Labute approximate surface area is 133 Å². The Morgan fingerprint density at radius 3 is 2.52 bits per heavy atom. The quantitative estimate of drug-likeness (QED) is 0.837. The lowest BCUT2D eigenvalue weighted by atomic mass is 9.79. The lowest BCUT2D eigenvalue weighted by Crippen LogP contribution is -2.46. The molecule has 1 N–H and O–H groups in total. The molecule has 4 heteroatoms. The molecule has 0 amide bonds. The molecule has 1 aromatic carbocycles. The van der Waals surface area contributed by atoms with Crippen LogP contribution in [0.1, 0.15) is 25.3 Å². The highest BCUT2D eigenvalue weighted by molar-refractivity contribution is 6.30. The molecule has 0 bridgehead atoms. The summed E-state index contributed by atoms with van der Waals surface area (Å²) in [6, 6.07) is 8.15. The summed E-state index contributed by atoms with van der Waals surface area (Å²) in [7, 11) is 2.21. The van der Waals surface area contributed by atoms with Crippen LogP contribution >= 0.6 is 11.6 Å². The molecule has 0 unspecified atom stereocenters. The summed E-state index contributed by atoms with van der Waals surface area (Å²) in [6.07, 6.45) is 2.29. The number of halogens is 1. The molecule has 0 spiro atoms. The second-order valence-electron chi connectivity index (χ2n) is 6.19. The third kappa shape index (κ3) is 5.26. The molecule has 1 heterocycles. The van der Waals surface area contributed by atoms with Gasteiger partial charge in [0.05, 0.1) is 0 Å². The number of hydrogen-bond acceptors (Lipinski definition) is 3. The molecule has 3 nitrogen and oxygen atoms in total. The van der Waals surface area contributed by atoms with E-state index in [2.05, 4.69) is 36.3 Å². The lowest BCUT2D eigenvalue weighted by molar-refractivity contribution is -0.00139. The van der Waals surface area contributed by atoms with Gasteiger partial charge >= 0.3 is 0 Å². The summed E-state index contributed by atoms with van der Waals surface area (Å²) in [5.41, 5.74) is 1.66. The van der Waals surface area contributed by atoms with Gasteiger partial charge in [-0.05, 0) is 49.5 Å². The van der Waals surface area contributed by atoms with E-state index in [9.17, 15) is 0 Å². The van der Waals surface area contributed by atoms with E-state index in [1.54, 1.807) is 0 Å². The average Bonchev–Trinajstić information content (AvgIpc) is 2.48. The number of nitrogens with one attached hydrogen (secondary N) is 1. The van der Waals surface area contributed by atoms with Crippen LogP contribution in [0.3, 0.4) is 0 Å². The van der Waals surface area contributed by atoms with Gasteiger partial charge in [-0.2, -0.15) is 0 Å². The normalized spacial score (nSPS) is 18.1. The molecule has 0 aromatic heterocycles. The van der Waals surface area contributed by atoms with Crippen molar-refractivity contribution < 1.29 is 4.74 Å². The minimum Gasteiger partial charge on any atom is -0.381 e. The third-order valence-electron chi connectivity index (χ3n) is 4.27. The van der Waals surface area contributed by atoms with E-state index in [4.69, 9.17) is 16.3 Å². The van der Waals surface area contributed by atoms with Gasteiger partial charge in [-0.1, -0.05) is 30.7 Å². The fraction of sp³-hybridized carbons (Fsp3) is 0.647. The van der Waals surface area contributed by atoms with Gasteiger partial charge in [-0.25, -0.2) is 0 Å². The van der Waals surface area contributed by atoms with Crippen LogP contribution in [-0.4, -0.2) is 44.8 Å². The molecule has 0 atom stereocenters. The second-order valence-corrected chi connectivity index (χ2v) is 6.63. The van der Waals surface area contributed by atoms with E-state index in [1.807, 2.05) is 12.1 Å². The van der Waals surface area contributed by atoms with Crippen LogP contribution in [0.15, 0.2) is 24.3 Å². The van der Waals surface area contributed by atoms with Crippen molar-refractivity contribution in [2.45, 2.75) is 26.3 Å². The van der Waals surface area contributed by atoms with Gasteiger partial charge in [-0.15, -0.1) is 0 Å². The first-order chi connectivity index (χ1) is 10.1. The molecule has 0 aliphatic carbocycles. The Balaban J connectivity index is 1.93. The Kier molecular flexibility index (Phi) is 6.49. The van der Waals surface area contributed by atoms with Crippen molar-refractivity contribution in [1.82, 2.24) is 10.2 Å². The van der Waals surface area contributed by atoms with Crippen LogP contribution in [0.4, 0.5) is 0 Å². The van der Waals surface area contributed by atoms with Gasteiger partial charge in [0.25, 0.3) is 0 Å². The minimum atomic E-state index is 0.343. The molecule has 118 valence electrons. The number of hydrogen-bond donors (Lipinski definition) is 1. The number of benzene rings is 1. The van der Waals surface area contributed by atoms with Crippen LogP contribution < -0.4 is 5.32 Å². The molecule has 1 saturated heterocycles. The predicted octanol–water partition coefficient (Wildman–Crippen LogP) is 3.18. The zero-order chi connectivity index (χ0) is 15.1. The highest BCUT2D eigenvalue weighted by atomic mass is 35.5. The first kappa shape index (κ1) is 16.8. The highest BCUT2D eigenvalue weighted by Crippen LogP contribution is 2.31. The molecule has 21 heavy (non-hydrogen) atoms. The second kappa shape index (κ2) is 8.14. The van der Waals surface area contributed by atoms with Crippen LogP contribution in [-0.2, 0) is 11.3 Å². The van der Waals surface area contributed by atoms with Crippen molar-refractivity contribution in [1.29, 1.82) is 0 Å². The first-order valence-electron chi connectivity index (χ1n) is 7.85. The summed E-state index contributed by atoms with van der Waals surface area (Å²) in [5.74, 6) is 0. The van der Waals surface area contributed by atoms with E-state index in [0.29, 0.717) is 5.41 Å². The molecule has 0 radical (unpaired) electrons. The molecule has 1 aliphatic rings. The fourth-order valence-corrected chi connectivity index (χ4v) is 3.24. The van der Waals surface area contributed by atoms with Gasteiger partial charge in [0.15, 0.2) is 0 Å². The Morgan fingerprint density at radius 1 is 1.24 bits per heavy atom. The highest BCUT2D eigenvalue weighted by Gasteiger charge is 2.33. The maximum Gasteiger partial charge on any atom is 0.0472 e. The maximum atomic E-state index is 5.95. The number of ether oxygens (including phenoxy) is 1. The van der Waals surface area contributed by atoms with Crippen LogP contribution in [0.25, 0.3) is 0 Å². The standard InChI is InChI=1S/C17H27ClN2O/c1-3-19-13-17(8-10-21-11-9-17)14-20(2)12-15-4-6-16(18)7-5-15/h4-7,19H,3,8-14H2,1-2H3. The van der Waals surface area contributed by atoms with Crippen molar-refractivity contribution in [3.8, 4) is 0 Å². The summed E-state index contributed by atoms with van der Waals surface area (Å²) in [5, 5.41) is 4.34. The molecule has 2 rings (SSSR count). The Morgan fingerprint density at radius 2 is 1.90 bits per heavy atom. The number of rotatable bonds is 7. The van der Waals surface area contributed by atoms with Crippen molar-refractivity contribution in [3.05, 3.63) is 34.9 Å². The van der Waals surface area contributed by atoms with E-state index in [0.717, 1.165) is 57.3 Å². The minimum absolute atomic E-state index is 0.343. The molecule has 0 saturated carbocycles. The van der Waals surface area contributed by atoms with E-state index in [-0.39, 0.29) is 0 Å². The molecule has 1 aromatic rings. The van der Waals surface area contributed by atoms with Gasteiger partial charge in [0, 0.05) is 37.9 Å². The van der Waals surface area contributed by atoms with Crippen molar-refractivity contribution in [3.63, 3.8) is 0 Å². The van der Waals surface area contributed by atoms with Gasteiger partial charge in [-0.3, -0.25) is 0 Å². The van der Waals surface area contributed by atoms with Crippen LogP contribution in [0, 0.1) is 5.41 Å². The van der Waals surface area contributed by atoms with Crippen LogP contribution in [0.5, 0.6) is 0 Å². The zero-order valence-corrected chi connectivity index (χ0v) is 14.0. The summed E-state index contributed by atoms with van der Waals surface area (Å²) >= 11 is 5.95. The lowest BCUT2D eigenvalue weighted by Gasteiger charge is -2.40. The topological polar surface area (TPSA) is 24.5 Å². The average molecular weight is 311 g/mol. The maximum absolute atomic E-state index is 5.95. The molecule has 1 fully saturated rings. The smallest absolute Gasteiger partial charge is 0.0472 e. The fourth-order valence-electron chi connectivity index (χ4n) is 3.12. The van der Waals surface area contributed by atoms with Gasteiger partial charge in [0.2, 0.25) is 0 Å². The largest absolute Gasteiger partial charge is 0.381 e. The Bertz CT molecular complexity index is 415. The van der Waals surface area contributed by atoms with Gasteiger partial charge in [0.1, 0.15) is 0 Å². The third-order valence-corrected chi connectivity index (χ3v) is 4.53. The van der Waals surface area contributed by atoms with Crippen molar-refractivity contribution in [2.24, 2.45) is 5.41 Å². The summed E-state index contributed by atoms with van der Waals surface area (Å²) in [6.45, 7) is 8.13. The van der Waals surface area contributed by atoms with E-state index < -0.39 is 0 Å². The van der Waals surface area contributed by atoms with Crippen molar-refractivity contribution in [2.75, 3.05) is 39.9 Å². The van der Waals surface area contributed by atoms with Gasteiger partial charge < -0.3 is 15.0 Å². The Hall–Kier alpha value is -0.610. The first-order valence-corrected chi connectivity index (χ1v) is 8.23. The van der Waals surface area contributed by atoms with E-state index >= 15 is 0 Å².